The number of hydrazine groups is 1. The molecule has 2 fully saturated rings. The molecule has 3 unspecified atom stereocenters. The molecule has 3 atom stereocenters. The lowest BCUT2D eigenvalue weighted by Gasteiger charge is -2.34. The molecule has 150 valence electrons. The average Bonchev–Trinajstić information content (AvgIpc) is 3.42. The van der Waals surface area contributed by atoms with Gasteiger partial charge >= 0.3 is 0 Å². The summed E-state index contributed by atoms with van der Waals surface area (Å²) in [5, 5.41) is 0. The zero-order chi connectivity index (χ0) is 19.8. The fraction of sp³-hybridized carbons (Fsp3) is 0.391. The smallest absolute Gasteiger partial charge is 0.229 e. The van der Waals surface area contributed by atoms with Crippen LogP contribution in [0.1, 0.15) is 41.8 Å². The first-order chi connectivity index (χ1) is 14.2. The van der Waals surface area contributed by atoms with Crippen LogP contribution in [0.2, 0.25) is 0 Å². The highest BCUT2D eigenvalue weighted by Gasteiger charge is 2.38. The third-order valence-electron chi connectivity index (χ3n) is 6.31. The molecular formula is C23H27N5O. The van der Waals surface area contributed by atoms with Gasteiger partial charge in [-0.15, -0.1) is 0 Å². The van der Waals surface area contributed by atoms with E-state index in [1.807, 2.05) is 23.1 Å². The van der Waals surface area contributed by atoms with Gasteiger partial charge in [0, 0.05) is 25.6 Å². The molecule has 3 heterocycles. The van der Waals surface area contributed by atoms with Crippen molar-refractivity contribution in [1.82, 2.24) is 25.7 Å². The standard InChI is InChI=1S/C23H27N5O/c1-15-7-5-11-19-20(15)26-22(25-19)17-10-6-12-28(14-17)23(29)18-13-24-27-21(18)16-8-3-2-4-9-16/h2-5,7-9,11,17-18,21,24,27H,6,10,12-14H2,1H3,(H,25,26). The lowest BCUT2D eigenvalue weighted by molar-refractivity contribution is -0.136. The van der Waals surface area contributed by atoms with E-state index in [2.05, 4.69) is 53.1 Å². The Morgan fingerprint density at radius 3 is 2.83 bits per heavy atom. The Labute approximate surface area is 170 Å². The molecule has 1 aromatic heterocycles. The van der Waals surface area contributed by atoms with E-state index in [4.69, 9.17) is 4.98 Å². The van der Waals surface area contributed by atoms with Gasteiger partial charge in [-0.1, -0.05) is 42.5 Å². The molecule has 0 saturated carbocycles. The third-order valence-corrected chi connectivity index (χ3v) is 6.31. The molecule has 6 heteroatoms. The molecule has 0 aliphatic carbocycles. The van der Waals surface area contributed by atoms with E-state index in [1.165, 1.54) is 5.56 Å². The molecule has 2 aliphatic heterocycles. The fourth-order valence-electron chi connectivity index (χ4n) is 4.73. The molecule has 2 aromatic carbocycles. The van der Waals surface area contributed by atoms with Crippen LogP contribution in [0, 0.1) is 12.8 Å². The lowest BCUT2D eigenvalue weighted by atomic mass is 9.91. The Morgan fingerprint density at radius 1 is 1.14 bits per heavy atom. The number of nitrogens with zero attached hydrogens (tertiary/aromatic N) is 2. The van der Waals surface area contributed by atoms with Crippen molar-refractivity contribution in [3.8, 4) is 0 Å². The van der Waals surface area contributed by atoms with E-state index < -0.39 is 0 Å². The van der Waals surface area contributed by atoms with Gasteiger partial charge in [0.2, 0.25) is 5.91 Å². The zero-order valence-corrected chi connectivity index (χ0v) is 16.7. The number of nitrogens with one attached hydrogen (secondary N) is 3. The van der Waals surface area contributed by atoms with Gasteiger partial charge in [0.25, 0.3) is 0 Å². The monoisotopic (exact) mass is 389 g/mol. The summed E-state index contributed by atoms with van der Waals surface area (Å²) in [6.45, 7) is 4.30. The van der Waals surface area contributed by atoms with Gasteiger partial charge in [-0.3, -0.25) is 10.2 Å². The molecule has 2 saturated heterocycles. The molecule has 0 radical (unpaired) electrons. The van der Waals surface area contributed by atoms with Gasteiger partial charge in [-0.2, -0.15) is 0 Å². The maximum atomic E-state index is 13.4. The minimum absolute atomic E-state index is 0.0120. The van der Waals surface area contributed by atoms with Gasteiger partial charge < -0.3 is 9.88 Å². The number of para-hydroxylation sites is 1. The van der Waals surface area contributed by atoms with E-state index >= 15 is 0 Å². The first kappa shape index (κ1) is 18.3. The molecule has 2 aliphatic rings. The maximum absolute atomic E-state index is 13.4. The van der Waals surface area contributed by atoms with E-state index in [1.54, 1.807) is 0 Å². The highest BCUT2D eigenvalue weighted by molar-refractivity contribution is 5.81. The van der Waals surface area contributed by atoms with Crippen molar-refractivity contribution in [1.29, 1.82) is 0 Å². The number of hydrogen-bond acceptors (Lipinski definition) is 4. The number of hydrogen-bond donors (Lipinski definition) is 3. The minimum atomic E-state index is -0.0888. The number of benzene rings is 2. The highest BCUT2D eigenvalue weighted by Crippen LogP contribution is 2.31. The molecule has 0 bridgehead atoms. The first-order valence-corrected chi connectivity index (χ1v) is 10.5. The summed E-state index contributed by atoms with van der Waals surface area (Å²) in [7, 11) is 0. The number of carbonyl (C=O) groups excluding carboxylic acids is 1. The predicted molar refractivity (Wildman–Crippen MR) is 113 cm³/mol. The van der Waals surface area contributed by atoms with Crippen LogP contribution >= 0.6 is 0 Å². The van der Waals surface area contributed by atoms with Crippen molar-refractivity contribution in [2.24, 2.45) is 5.92 Å². The highest BCUT2D eigenvalue weighted by atomic mass is 16.2. The Morgan fingerprint density at radius 2 is 2.00 bits per heavy atom. The lowest BCUT2D eigenvalue weighted by Crippen LogP contribution is -2.44. The van der Waals surface area contributed by atoms with Crippen LogP contribution in [-0.4, -0.2) is 40.4 Å². The predicted octanol–water partition coefficient (Wildman–Crippen LogP) is 3.04. The summed E-state index contributed by atoms with van der Waals surface area (Å²) in [5.41, 5.74) is 10.9. The van der Waals surface area contributed by atoms with Crippen LogP contribution < -0.4 is 10.9 Å². The summed E-state index contributed by atoms with van der Waals surface area (Å²) in [6.07, 6.45) is 2.07. The van der Waals surface area contributed by atoms with E-state index in [0.29, 0.717) is 6.54 Å². The maximum Gasteiger partial charge on any atom is 0.229 e. The number of aryl methyl sites for hydroxylation is 1. The van der Waals surface area contributed by atoms with Crippen LogP contribution in [0.4, 0.5) is 0 Å². The van der Waals surface area contributed by atoms with Crippen LogP contribution in [0.5, 0.6) is 0 Å². The molecule has 29 heavy (non-hydrogen) atoms. The van der Waals surface area contributed by atoms with Gasteiger partial charge in [0.15, 0.2) is 0 Å². The second-order valence-corrected chi connectivity index (χ2v) is 8.24. The zero-order valence-electron chi connectivity index (χ0n) is 16.7. The number of rotatable bonds is 3. The SMILES string of the molecule is Cc1cccc2[nH]c(C3CCCN(C(=O)C4CNNC4c4ccccc4)C3)nc12. The van der Waals surface area contributed by atoms with Crippen molar-refractivity contribution < 1.29 is 4.79 Å². The first-order valence-electron chi connectivity index (χ1n) is 10.5. The molecule has 6 nitrogen and oxygen atoms in total. The number of imidazole rings is 1. The molecule has 3 aromatic rings. The number of aromatic nitrogens is 2. The normalized spacial score (nSPS) is 24.9. The van der Waals surface area contributed by atoms with Crippen molar-refractivity contribution in [3.05, 3.63) is 65.5 Å². The fourth-order valence-corrected chi connectivity index (χ4v) is 4.73. The topological polar surface area (TPSA) is 73.1 Å². The van der Waals surface area contributed by atoms with Crippen molar-refractivity contribution in [2.45, 2.75) is 31.7 Å². The van der Waals surface area contributed by atoms with Crippen molar-refractivity contribution >= 4 is 16.9 Å². The average molecular weight is 390 g/mol. The summed E-state index contributed by atoms with van der Waals surface area (Å²) >= 11 is 0. The summed E-state index contributed by atoms with van der Waals surface area (Å²) in [6, 6.07) is 16.5. The van der Waals surface area contributed by atoms with Crippen LogP contribution in [0.3, 0.4) is 0 Å². The summed E-state index contributed by atoms with van der Waals surface area (Å²) in [4.78, 5) is 23.8. The summed E-state index contributed by atoms with van der Waals surface area (Å²) < 4.78 is 0. The number of piperidine rings is 1. The Hall–Kier alpha value is -2.70. The van der Waals surface area contributed by atoms with Crippen LogP contribution in [0.25, 0.3) is 11.0 Å². The number of H-pyrrole nitrogens is 1. The van der Waals surface area contributed by atoms with E-state index in [-0.39, 0.29) is 23.8 Å². The number of fused-ring (bicyclic) bond motifs is 1. The largest absolute Gasteiger partial charge is 0.342 e. The molecular weight excluding hydrogens is 362 g/mol. The van der Waals surface area contributed by atoms with Gasteiger partial charge in [0.1, 0.15) is 5.82 Å². The van der Waals surface area contributed by atoms with Gasteiger partial charge in [-0.05, 0) is 37.0 Å². The Kier molecular flexibility index (Phi) is 4.81. The van der Waals surface area contributed by atoms with Crippen LogP contribution in [0.15, 0.2) is 48.5 Å². The Balaban J connectivity index is 1.34. The number of amides is 1. The number of aromatic amines is 1. The van der Waals surface area contributed by atoms with Gasteiger partial charge in [-0.25, -0.2) is 10.4 Å². The number of carbonyl (C=O) groups is 1. The quantitative estimate of drug-likeness (QED) is 0.644. The molecule has 0 spiro atoms. The Bertz CT molecular complexity index is 1010. The van der Waals surface area contributed by atoms with E-state index in [9.17, 15) is 4.79 Å². The minimum Gasteiger partial charge on any atom is -0.342 e. The summed E-state index contributed by atoms with van der Waals surface area (Å²) in [5.74, 6) is 1.41. The molecule has 1 amide bonds. The van der Waals surface area contributed by atoms with E-state index in [0.717, 1.165) is 48.4 Å². The number of likely N-dealkylation sites (tertiary alicyclic amines) is 1. The second-order valence-electron chi connectivity index (χ2n) is 8.24. The molecule has 5 rings (SSSR count). The second kappa shape index (κ2) is 7.61. The van der Waals surface area contributed by atoms with Crippen molar-refractivity contribution in [3.63, 3.8) is 0 Å². The van der Waals surface area contributed by atoms with Crippen LogP contribution in [-0.2, 0) is 4.79 Å². The van der Waals surface area contributed by atoms with Gasteiger partial charge in [0.05, 0.1) is 23.0 Å². The molecule has 3 N–H and O–H groups in total. The third kappa shape index (κ3) is 3.43. The van der Waals surface area contributed by atoms with Crippen molar-refractivity contribution in [2.75, 3.05) is 19.6 Å².